The molecular weight excluding hydrogens is 200 g/mol. The fourth-order valence-electron chi connectivity index (χ4n) is 1.32. The molecule has 0 amide bonds. The molecule has 1 saturated heterocycles. The van der Waals surface area contributed by atoms with Gasteiger partial charge in [-0.1, -0.05) is 6.07 Å². The van der Waals surface area contributed by atoms with Gasteiger partial charge >= 0.3 is 5.97 Å². The van der Waals surface area contributed by atoms with Crippen LogP contribution in [0.2, 0.25) is 0 Å². The van der Waals surface area contributed by atoms with E-state index in [4.69, 9.17) is 5.11 Å². The fraction of sp³-hybridized carbons (Fsp3) is 0.333. The lowest BCUT2D eigenvalue weighted by atomic mass is 10.3. The number of hydrogen-bond donors (Lipinski definition) is 2. The second kappa shape index (κ2) is 3.98. The zero-order valence-electron chi connectivity index (χ0n) is 7.38. The van der Waals surface area contributed by atoms with E-state index in [9.17, 15) is 4.79 Å². The van der Waals surface area contributed by atoms with Crippen LogP contribution in [-0.4, -0.2) is 27.9 Å². The molecule has 1 aliphatic rings. The Morgan fingerprint density at radius 1 is 1.64 bits per heavy atom. The Bertz CT molecular complexity index is 331. The van der Waals surface area contributed by atoms with Crippen LogP contribution in [0.25, 0.3) is 0 Å². The lowest BCUT2D eigenvalue weighted by molar-refractivity contribution is -0.138. The second-order valence-electron chi connectivity index (χ2n) is 3.03. The first-order valence-corrected chi connectivity index (χ1v) is 5.33. The minimum Gasteiger partial charge on any atom is -0.480 e. The summed E-state index contributed by atoms with van der Waals surface area (Å²) in [4.78, 5) is 14.9. The highest BCUT2D eigenvalue weighted by Gasteiger charge is 2.30. The largest absolute Gasteiger partial charge is 0.480 e. The van der Waals surface area contributed by atoms with Crippen molar-refractivity contribution in [3.05, 3.63) is 30.1 Å². The maximum atomic E-state index is 10.7. The Morgan fingerprint density at radius 3 is 3.07 bits per heavy atom. The van der Waals surface area contributed by atoms with Crippen molar-refractivity contribution in [3.8, 4) is 0 Å². The van der Waals surface area contributed by atoms with Crippen LogP contribution in [0.5, 0.6) is 0 Å². The monoisotopic (exact) mass is 210 g/mol. The van der Waals surface area contributed by atoms with E-state index in [1.54, 1.807) is 18.0 Å². The third-order valence-electron chi connectivity index (χ3n) is 2.04. The second-order valence-corrected chi connectivity index (χ2v) is 4.16. The molecular formula is C9H10N2O2S. The Kier molecular flexibility index (Phi) is 2.69. The molecule has 0 aromatic carbocycles. The molecule has 2 atom stereocenters. The summed E-state index contributed by atoms with van der Waals surface area (Å²) < 4.78 is 0. The van der Waals surface area contributed by atoms with E-state index in [1.165, 1.54) is 0 Å². The highest BCUT2D eigenvalue weighted by molar-refractivity contribution is 7.99. The smallest absolute Gasteiger partial charge is 0.321 e. The number of nitrogens with zero attached hydrogens (tertiary/aromatic N) is 1. The first kappa shape index (κ1) is 9.48. The average molecular weight is 210 g/mol. The highest BCUT2D eigenvalue weighted by atomic mass is 32.2. The van der Waals surface area contributed by atoms with Crippen LogP contribution in [0, 0.1) is 0 Å². The van der Waals surface area contributed by atoms with Gasteiger partial charge < -0.3 is 5.11 Å². The number of rotatable bonds is 2. The van der Waals surface area contributed by atoms with Crippen molar-refractivity contribution in [1.29, 1.82) is 0 Å². The van der Waals surface area contributed by atoms with Gasteiger partial charge in [0.25, 0.3) is 0 Å². The van der Waals surface area contributed by atoms with Gasteiger partial charge in [-0.05, 0) is 12.1 Å². The molecule has 0 saturated carbocycles. The fourth-order valence-corrected chi connectivity index (χ4v) is 2.51. The summed E-state index contributed by atoms with van der Waals surface area (Å²) in [6.07, 6.45) is 1.71. The van der Waals surface area contributed by atoms with Gasteiger partial charge in [-0.3, -0.25) is 15.1 Å². The molecule has 74 valence electrons. The Labute approximate surface area is 85.7 Å². The number of carbonyl (C=O) groups is 1. The van der Waals surface area contributed by atoms with E-state index in [-0.39, 0.29) is 5.37 Å². The molecule has 0 aliphatic carbocycles. The normalized spacial score (nSPS) is 26.3. The van der Waals surface area contributed by atoms with Crippen LogP contribution >= 0.6 is 11.8 Å². The number of hydrogen-bond acceptors (Lipinski definition) is 4. The number of nitrogens with one attached hydrogen (secondary N) is 1. The van der Waals surface area contributed by atoms with Crippen molar-refractivity contribution < 1.29 is 9.90 Å². The number of thioether (sulfide) groups is 1. The van der Waals surface area contributed by atoms with Gasteiger partial charge in [0.05, 0.1) is 11.1 Å². The van der Waals surface area contributed by atoms with Crippen molar-refractivity contribution in [2.24, 2.45) is 0 Å². The number of aromatic nitrogens is 1. The van der Waals surface area contributed by atoms with Crippen LogP contribution in [-0.2, 0) is 4.79 Å². The predicted octanol–water partition coefficient (Wildman–Crippen LogP) is 0.870. The predicted molar refractivity (Wildman–Crippen MR) is 54.0 cm³/mol. The van der Waals surface area contributed by atoms with Gasteiger partial charge in [0, 0.05) is 11.9 Å². The molecule has 2 unspecified atom stereocenters. The van der Waals surface area contributed by atoms with E-state index in [1.807, 2.05) is 18.2 Å². The summed E-state index contributed by atoms with van der Waals surface area (Å²) >= 11 is 1.58. The third-order valence-corrected chi connectivity index (χ3v) is 3.27. The SMILES string of the molecule is O=C(O)C1CSC(c2ccccn2)N1. The van der Waals surface area contributed by atoms with Crippen molar-refractivity contribution in [2.75, 3.05) is 5.75 Å². The summed E-state index contributed by atoms with van der Waals surface area (Å²) in [5.41, 5.74) is 0.890. The number of pyridine rings is 1. The van der Waals surface area contributed by atoms with E-state index in [0.717, 1.165) is 5.69 Å². The van der Waals surface area contributed by atoms with Crippen LogP contribution in [0.15, 0.2) is 24.4 Å². The Balaban J connectivity index is 2.06. The first-order chi connectivity index (χ1) is 6.77. The topological polar surface area (TPSA) is 62.2 Å². The van der Waals surface area contributed by atoms with Crippen LogP contribution in [0.4, 0.5) is 0 Å². The Hall–Kier alpha value is -1.07. The maximum Gasteiger partial charge on any atom is 0.321 e. The average Bonchev–Trinajstić information content (AvgIpc) is 2.68. The lowest BCUT2D eigenvalue weighted by Crippen LogP contribution is -2.33. The standard InChI is InChI=1S/C9H10N2O2S/c12-9(13)7-5-14-8(11-7)6-3-1-2-4-10-6/h1-4,7-8,11H,5H2,(H,12,13). The van der Waals surface area contributed by atoms with Crippen LogP contribution in [0.3, 0.4) is 0 Å². The number of carboxylic acid groups (broad SMARTS) is 1. The van der Waals surface area contributed by atoms with E-state index in [0.29, 0.717) is 5.75 Å². The molecule has 1 aromatic rings. The highest BCUT2D eigenvalue weighted by Crippen LogP contribution is 2.31. The summed E-state index contributed by atoms with van der Waals surface area (Å²) in [5, 5.41) is 11.8. The van der Waals surface area contributed by atoms with E-state index in [2.05, 4.69) is 10.3 Å². The zero-order chi connectivity index (χ0) is 9.97. The molecule has 0 spiro atoms. The third kappa shape index (κ3) is 1.88. The lowest BCUT2D eigenvalue weighted by Gasteiger charge is -2.09. The van der Waals surface area contributed by atoms with Gasteiger partial charge in [0.2, 0.25) is 0 Å². The summed E-state index contributed by atoms with van der Waals surface area (Å²) in [6, 6.07) is 5.19. The van der Waals surface area contributed by atoms with E-state index >= 15 is 0 Å². The van der Waals surface area contributed by atoms with Gasteiger partial charge in [-0.15, -0.1) is 11.8 Å². The number of carboxylic acids is 1. The van der Waals surface area contributed by atoms with Crippen molar-refractivity contribution >= 4 is 17.7 Å². The summed E-state index contributed by atoms with van der Waals surface area (Å²) in [5.74, 6) is -0.202. The van der Waals surface area contributed by atoms with Crippen molar-refractivity contribution in [3.63, 3.8) is 0 Å². The number of aliphatic carboxylic acids is 1. The van der Waals surface area contributed by atoms with Gasteiger partial charge in [0.1, 0.15) is 6.04 Å². The quantitative estimate of drug-likeness (QED) is 0.758. The minimum absolute atomic E-state index is 0.0114. The molecule has 14 heavy (non-hydrogen) atoms. The molecule has 1 aromatic heterocycles. The molecule has 0 bridgehead atoms. The molecule has 1 fully saturated rings. The van der Waals surface area contributed by atoms with Gasteiger partial charge in [0.15, 0.2) is 0 Å². The van der Waals surface area contributed by atoms with E-state index < -0.39 is 12.0 Å². The molecule has 0 radical (unpaired) electrons. The minimum atomic E-state index is -0.795. The molecule has 4 nitrogen and oxygen atoms in total. The molecule has 5 heteroatoms. The van der Waals surface area contributed by atoms with Gasteiger partial charge in [-0.2, -0.15) is 0 Å². The van der Waals surface area contributed by atoms with Gasteiger partial charge in [-0.25, -0.2) is 0 Å². The zero-order valence-corrected chi connectivity index (χ0v) is 8.20. The summed E-state index contributed by atoms with van der Waals surface area (Å²) in [6.45, 7) is 0. The molecule has 2 N–H and O–H groups in total. The molecule has 2 heterocycles. The van der Waals surface area contributed by atoms with Crippen LogP contribution < -0.4 is 5.32 Å². The van der Waals surface area contributed by atoms with Crippen molar-refractivity contribution in [2.45, 2.75) is 11.4 Å². The van der Waals surface area contributed by atoms with Crippen molar-refractivity contribution in [1.82, 2.24) is 10.3 Å². The van der Waals surface area contributed by atoms with Crippen LogP contribution in [0.1, 0.15) is 11.1 Å². The summed E-state index contributed by atoms with van der Waals surface area (Å²) in [7, 11) is 0. The Morgan fingerprint density at radius 2 is 2.50 bits per heavy atom. The maximum absolute atomic E-state index is 10.7. The first-order valence-electron chi connectivity index (χ1n) is 4.29. The molecule has 1 aliphatic heterocycles. The molecule has 2 rings (SSSR count).